The molecule has 2 heterocycles. The first kappa shape index (κ1) is 9.20. The lowest BCUT2D eigenvalue weighted by atomic mass is 10.2. The molecule has 2 rings (SSSR count). The van der Waals surface area contributed by atoms with Crippen LogP contribution in [0.2, 0.25) is 0 Å². The number of carbonyl (C=O) groups excluding carboxylic acids is 1. The molecule has 1 aliphatic rings. The average Bonchev–Trinajstić information content (AvgIpc) is 2.55. The number of hydrogen-bond acceptors (Lipinski definition) is 5. The lowest BCUT2D eigenvalue weighted by molar-refractivity contribution is 0.0965. The van der Waals surface area contributed by atoms with Gasteiger partial charge in [-0.2, -0.15) is 0 Å². The minimum atomic E-state index is -0.675. The van der Waals surface area contributed by atoms with Gasteiger partial charge in [0.2, 0.25) is 5.76 Å². The quantitative estimate of drug-likeness (QED) is 0.764. The van der Waals surface area contributed by atoms with Gasteiger partial charge in [0.05, 0.1) is 0 Å². The molecule has 0 aromatic carbocycles. The summed E-state index contributed by atoms with van der Waals surface area (Å²) in [4.78, 5) is 15.5. The number of allylic oxidation sites excluding steroid dienone is 3. The second-order valence-electron chi connectivity index (χ2n) is 2.71. The van der Waals surface area contributed by atoms with Gasteiger partial charge in [0.1, 0.15) is 17.7 Å². The largest absolute Gasteiger partial charge is 0.364 e. The summed E-state index contributed by atoms with van der Waals surface area (Å²) in [7, 11) is 0. The molecule has 15 heavy (non-hydrogen) atoms. The molecule has 0 bridgehead atoms. The van der Waals surface area contributed by atoms with E-state index < -0.39 is 5.91 Å². The molecule has 2 N–H and O–H groups in total. The van der Waals surface area contributed by atoms with Gasteiger partial charge in [0.25, 0.3) is 5.91 Å². The maximum absolute atomic E-state index is 10.8. The van der Waals surface area contributed by atoms with Crippen LogP contribution in [0.3, 0.4) is 0 Å². The molecule has 0 spiro atoms. The summed E-state index contributed by atoms with van der Waals surface area (Å²) < 4.78 is 4.70. The van der Waals surface area contributed by atoms with Gasteiger partial charge in [-0.25, -0.2) is 0 Å². The van der Waals surface area contributed by atoms with Crippen LogP contribution < -0.4 is 5.73 Å². The Balaban J connectivity index is 2.29. The van der Waals surface area contributed by atoms with E-state index in [0.29, 0.717) is 11.4 Å². The van der Waals surface area contributed by atoms with Gasteiger partial charge in [0.15, 0.2) is 0 Å². The van der Waals surface area contributed by atoms with E-state index in [1.54, 1.807) is 18.2 Å². The van der Waals surface area contributed by atoms with Crippen LogP contribution in [0.5, 0.6) is 0 Å². The van der Waals surface area contributed by atoms with Crippen molar-refractivity contribution >= 4 is 11.6 Å². The lowest BCUT2D eigenvalue weighted by Crippen LogP contribution is -2.09. The van der Waals surface area contributed by atoms with E-state index in [-0.39, 0.29) is 5.76 Å². The molecule has 0 atom stereocenters. The van der Waals surface area contributed by atoms with Gasteiger partial charge in [-0.15, -0.1) is 0 Å². The molecule has 6 nitrogen and oxygen atoms in total. The first-order valence-corrected chi connectivity index (χ1v) is 4.11. The first-order chi connectivity index (χ1) is 7.27. The summed E-state index contributed by atoms with van der Waals surface area (Å²) in [6, 6.07) is 1.40. The molecular weight excluding hydrogens is 198 g/mol. The fourth-order valence-corrected chi connectivity index (χ4v) is 0.989. The standard InChI is InChI=1S/C9H7N3O3/c10-9(13)8-5-7(12-15-8)6-3-1-2-4-14-11-6/h1-5H,(H2,10,13). The SMILES string of the molecule is NC(=O)c1cc(C2=NOC=CC=C2)no1. The Morgan fingerprint density at radius 3 is 3.00 bits per heavy atom. The highest BCUT2D eigenvalue weighted by Crippen LogP contribution is 2.07. The number of oxime groups is 1. The Morgan fingerprint density at radius 2 is 2.27 bits per heavy atom. The number of primary amides is 1. The second kappa shape index (κ2) is 3.79. The van der Waals surface area contributed by atoms with Crippen LogP contribution in [0.1, 0.15) is 16.2 Å². The smallest absolute Gasteiger partial charge is 0.287 e. The van der Waals surface area contributed by atoms with Gasteiger partial charge in [-0.1, -0.05) is 16.4 Å². The third-order valence-corrected chi connectivity index (χ3v) is 1.67. The number of rotatable bonds is 2. The minimum absolute atomic E-state index is 0.0155. The monoisotopic (exact) mass is 205 g/mol. The van der Waals surface area contributed by atoms with Crippen LogP contribution in [0.15, 0.2) is 40.2 Å². The van der Waals surface area contributed by atoms with Crippen molar-refractivity contribution in [1.29, 1.82) is 0 Å². The minimum Gasteiger partial charge on any atom is -0.364 e. The molecule has 6 heteroatoms. The van der Waals surface area contributed by atoms with E-state index >= 15 is 0 Å². The van der Waals surface area contributed by atoms with Gasteiger partial charge in [0, 0.05) is 6.07 Å². The Hall–Kier alpha value is -2.37. The van der Waals surface area contributed by atoms with Crippen molar-refractivity contribution < 1.29 is 14.2 Å². The van der Waals surface area contributed by atoms with Crippen molar-refractivity contribution in [1.82, 2.24) is 5.16 Å². The molecule has 0 radical (unpaired) electrons. The van der Waals surface area contributed by atoms with Gasteiger partial charge in [-0.3, -0.25) is 4.79 Å². The van der Waals surface area contributed by atoms with E-state index in [1.165, 1.54) is 12.3 Å². The highest BCUT2D eigenvalue weighted by molar-refractivity contribution is 6.08. The Morgan fingerprint density at radius 1 is 1.40 bits per heavy atom. The van der Waals surface area contributed by atoms with Crippen molar-refractivity contribution in [2.24, 2.45) is 10.9 Å². The number of amides is 1. The van der Waals surface area contributed by atoms with E-state index in [2.05, 4.69) is 10.3 Å². The Labute approximate surface area is 84.7 Å². The van der Waals surface area contributed by atoms with Gasteiger partial charge < -0.3 is 15.1 Å². The zero-order chi connectivity index (χ0) is 10.7. The average molecular weight is 205 g/mol. The van der Waals surface area contributed by atoms with E-state index in [4.69, 9.17) is 15.1 Å². The van der Waals surface area contributed by atoms with Crippen molar-refractivity contribution in [3.05, 3.63) is 42.0 Å². The number of nitrogens with zero attached hydrogens (tertiary/aromatic N) is 2. The van der Waals surface area contributed by atoms with Crippen molar-refractivity contribution in [3.63, 3.8) is 0 Å². The van der Waals surface area contributed by atoms with Crippen molar-refractivity contribution in [2.75, 3.05) is 0 Å². The summed E-state index contributed by atoms with van der Waals surface area (Å²) >= 11 is 0. The molecule has 1 aliphatic heterocycles. The molecule has 0 fully saturated rings. The summed E-state index contributed by atoms with van der Waals surface area (Å²) in [6.45, 7) is 0. The van der Waals surface area contributed by atoms with E-state index in [0.717, 1.165) is 0 Å². The van der Waals surface area contributed by atoms with Crippen LogP contribution in [0.4, 0.5) is 0 Å². The van der Waals surface area contributed by atoms with Gasteiger partial charge in [-0.05, 0) is 12.2 Å². The summed E-state index contributed by atoms with van der Waals surface area (Å²) in [5.74, 6) is -0.690. The topological polar surface area (TPSA) is 90.7 Å². The molecule has 0 aliphatic carbocycles. The summed E-state index contributed by atoms with van der Waals surface area (Å²) in [5.41, 5.74) is 5.86. The van der Waals surface area contributed by atoms with Crippen LogP contribution >= 0.6 is 0 Å². The highest BCUT2D eigenvalue weighted by Gasteiger charge is 2.12. The molecule has 1 amide bonds. The maximum Gasteiger partial charge on any atom is 0.287 e. The Bertz CT molecular complexity index is 471. The lowest BCUT2D eigenvalue weighted by Gasteiger charge is -1.90. The molecule has 0 saturated heterocycles. The van der Waals surface area contributed by atoms with Crippen LogP contribution in [-0.4, -0.2) is 16.8 Å². The number of nitrogens with two attached hydrogens (primary N) is 1. The number of carbonyl (C=O) groups is 1. The third-order valence-electron chi connectivity index (χ3n) is 1.67. The second-order valence-corrected chi connectivity index (χ2v) is 2.71. The molecule has 1 aromatic heterocycles. The molecule has 1 aromatic rings. The van der Waals surface area contributed by atoms with Gasteiger partial charge >= 0.3 is 0 Å². The fourth-order valence-electron chi connectivity index (χ4n) is 0.989. The van der Waals surface area contributed by atoms with Crippen molar-refractivity contribution in [2.45, 2.75) is 0 Å². The Kier molecular flexibility index (Phi) is 2.32. The zero-order valence-electron chi connectivity index (χ0n) is 7.58. The summed E-state index contributed by atoms with van der Waals surface area (Å²) in [6.07, 6.45) is 6.49. The molecule has 0 unspecified atom stereocenters. The van der Waals surface area contributed by atoms with Crippen LogP contribution in [0.25, 0.3) is 0 Å². The zero-order valence-corrected chi connectivity index (χ0v) is 7.58. The molecule has 76 valence electrons. The van der Waals surface area contributed by atoms with E-state index in [1.807, 2.05) is 0 Å². The predicted octanol–water partition coefficient (Wildman–Crippen LogP) is 0.578. The van der Waals surface area contributed by atoms with Crippen LogP contribution in [0, 0.1) is 0 Å². The third kappa shape index (κ3) is 1.93. The molecular formula is C9H7N3O3. The number of hydrogen-bond donors (Lipinski definition) is 1. The summed E-state index contributed by atoms with van der Waals surface area (Å²) in [5, 5.41) is 7.37. The maximum atomic E-state index is 10.8. The predicted molar refractivity (Wildman–Crippen MR) is 50.9 cm³/mol. The highest BCUT2D eigenvalue weighted by atomic mass is 16.6. The first-order valence-electron chi connectivity index (χ1n) is 4.11. The number of aromatic nitrogens is 1. The van der Waals surface area contributed by atoms with Crippen molar-refractivity contribution in [3.8, 4) is 0 Å². The van der Waals surface area contributed by atoms with Crippen LogP contribution in [-0.2, 0) is 4.84 Å². The molecule has 0 saturated carbocycles. The fraction of sp³-hybridized carbons (Fsp3) is 0. The van der Waals surface area contributed by atoms with E-state index in [9.17, 15) is 4.79 Å². The normalized spacial score (nSPS) is 14.3.